The largest absolute Gasteiger partial charge is 0.508 e. The van der Waals surface area contributed by atoms with Crippen LogP contribution in [-0.4, -0.2) is 38.6 Å². The zero-order chi connectivity index (χ0) is 18.8. The molecule has 1 saturated heterocycles. The first-order valence-corrected chi connectivity index (χ1v) is 9.99. The summed E-state index contributed by atoms with van der Waals surface area (Å²) in [5.74, 6) is 0.774. The Hall–Kier alpha value is -2.67. The van der Waals surface area contributed by atoms with Crippen LogP contribution in [0.1, 0.15) is 30.7 Å². The molecule has 3 heterocycles. The number of hydrogen-bond acceptors (Lipinski definition) is 5. The molecule has 1 aromatic carbocycles. The number of aromatic hydroxyl groups is 1. The number of fused-ring (bicyclic) bond motifs is 1. The minimum atomic E-state index is -0.0833. The Morgan fingerprint density at radius 2 is 1.93 bits per heavy atom. The fourth-order valence-corrected chi connectivity index (χ4v) is 4.36. The summed E-state index contributed by atoms with van der Waals surface area (Å²) in [4.78, 5) is 31.8. The van der Waals surface area contributed by atoms with Crippen LogP contribution in [0.25, 0.3) is 10.2 Å². The normalized spacial score (nSPS) is 15.3. The van der Waals surface area contributed by atoms with E-state index in [9.17, 15) is 14.7 Å². The average Bonchev–Trinajstić information content (AvgIpc) is 3.18. The highest BCUT2D eigenvalue weighted by molar-refractivity contribution is 7.16. The monoisotopic (exact) mass is 383 g/mol. The van der Waals surface area contributed by atoms with Crippen LogP contribution in [0.4, 0.5) is 0 Å². The van der Waals surface area contributed by atoms with Crippen molar-refractivity contribution in [3.05, 3.63) is 58.0 Å². The van der Waals surface area contributed by atoms with Gasteiger partial charge in [-0.25, -0.2) is 4.98 Å². The highest BCUT2D eigenvalue weighted by Gasteiger charge is 2.23. The molecule has 140 valence electrons. The van der Waals surface area contributed by atoms with Gasteiger partial charge in [-0.1, -0.05) is 12.1 Å². The van der Waals surface area contributed by atoms with Gasteiger partial charge in [0.15, 0.2) is 0 Å². The van der Waals surface area contributed by atoms with Gasteiger partial charge in [0, 0.05) is 26.1 Å². The number of hydrogen-bond donors (Lipinski definition) is 1. The number of benzene rings is 1. The molecule has 0 unspecified atom stereocenters. The molecular weight excluding hydrogens is 362 g/mol. The molecule has 1 N–H and O–H groups in total. The maximum absolute atomic E-state index is 12.5. The molecular formula is C20H21N3O3S. The van der Waals surface area contributed by atoms with Gasteiger partial charge in [-0.2, -0.15) is 0 Å². The maximum atomic E-state index is 12.5. The van der Waals surface area contributed by atoms with Gasteiger partial charge >= 0.3 is 0 Å². The van der Waals surface area contributed by atoms with Crippen molar-refractivity contribution < 1.29 is 9.90 Å². The zero-order valence-electron chi connectivity index (χ0n) is 14.9. The predicted molar refractivity (Wildman–Crippen MR) is 105 cm³/mol. The number of phenols is 1. The topological polar surface area (TPSA) is 75.4 Å². The third-order valence-electron chi connectivity index (χ3n) is 5.23. The Kier molecular flexibility index (Phi) is 4.94. The molecule has 1 amide bonds. The molecule has 1 aliphatic rings. The molecule has 0 bridgehead atoms. The number of phenolic OH excluding ortho intramolecular Hbond substituents is 1. The van der Waals surface area contributed by atoms with Crippen molar-refractivity contribution in [1.82, 2.24) is 14.5 Å². The molecule has 0 saturated carbocycles. The molecule has 1 fully saturated rings. The van der Waals surface area contributed by atoms with E-state index in [0.29, 0.717) is 24.3 Å². The van der Waals surface area contributed by atoms with E-state index in [1.54, 1.807) is 18.2 Å². The van der Waals surface area contributed by atoms with E-state index in [1.807, 2.05) is 22.4 Å². The zero-order valence-corrected chi connectivity index (χ0v) is 15.7. The van der Waals surface area contributed by atoms with E-state index in [4.69, 9.17) is 0 Å². The van der Waals surface area contributed by atoms with Crippen molar-refractivity contribution in [1.29, 1.82) is 0 Å². The first-order valence-electron chi connectivity index (χ1n) is 9.11. The number of nitrogens with zero attached hydrogens (tertiary/aromatic N) is 3. The van der Waals surface area contributed by atoms with Crippen LogP contribution in [0.2, 0.25) is 0 Å². The summed E-state index contributed by atoms with van der Waals surface area (Å²) < 4.78 is 1.52. The molecule has 0 atom stereocenters. The van der Waals surface area contributed by atoms with E-state index in [-0.39, 0.29) is 17.2 Å². The van der Waals surface area contributed by atoms with Gasteiger partial charge in [0.05, 0.1) is 11.7 Å². The Bertz CT molecular complexity index is 1000. The van der Waals surface area contributed by atoms with Gasteiger partial charge in [-0.3, -0.25) is 14.2 Å². The predicted octanol–water partition coefficient (Wildman–Crippen LogP) is 2.96. The second-order valence-corrected chi connectivity index (χ2v) is 7.77. The summed E-state index contributed by atoms with van der Waals surface area (Å²) in [6, 6.07) is 9.11. The number of carbonyl (C=O) groups is 1. The summed E-state index contributed by atoms with van der Waals surface area (Å²) in [6.45, 7) is 1.80. The molecule has 27 heavy (non-hydrogen) atoms. The van der Waals surface area contributed by atoms with Crippen LogP contribution >= 0.6 is 11.3 Å². The first-order chi connectivity index (χ1) is 13.1. The van der Waals surface area contributed by atoms with E-state index in [0.717, 1.165) is 30.8 Å². The summed E-state index contributed by atoms with van der Waals surface area (Å²) in [5.41, 5.74) is 1.13. The fourth-order valence-electron chi connectivity index (χ4n) is 3.64. The van der Waals surface area contributed by atoms with Crippen molar-refractivity contribution in [2.24, 2.45) is 0 Å². The second-order valence-electron chi connectivity index (χ2n) is 6.88. The van der Waals surface area contributed by atoms with Crippen LogP contribution in [-0.2, 0) is 11.3 Å². The average molecular weight is 383 g/mol. The third-order valence-corrected chi connectivity index (χ3v) is 6.05. The van der Waals surface area contributed by atoms with Crippen LogP contribution < -0.4 is 5.56 Å². The minimum Gasteiger partial charge on any atom is -0.508 e. The highest BCUT2D eigenvalue weighted by atomic mass is 32.1. The lowest BCUT2D eigenvalue weighted by Gasteiger charge is -2.32. The maximum Gasteiger partial charge on any atom is 0.262 e. The van der Waals surface area contributed by atoms with Gasteiger partial charge in [-0.05, 0) is 47.9 Å². The Morgan fingerprint density at radius 3 is 2.67 bits per heavy atom. The number of likely N-dealkylation sites (tertiary alicyclic amines) is 1. The standard InChI is InChI=1S/C20H21N3O3S/c24-16-3-1-14(2-4-16)15-5-9-22(10-6-15)18(25)7-11-23-13-21-19-17(20(23)26)8-12-27-19/h1-4,8,12-13,15,24H,5-7,9-11H2. The Balaban J connectivity index is 1.33. The number of amides is 1. The van der Waals surface area contributed by atoms with Crippen molar-refractivity contribution in [2.45, 2.75) is 31.7 Å². The van der Waals surface area contributed by atoms with Crippen molar-refractivity contribution in [3.63, 3.8) is 0 Å². The van der Waals surface area contributed by atoms with Gasteiger partial charge in [0.2, 0.25) is 5.91 Å². The molecule has 4 rings (SSSR count). The molecule has 7 heteroatoms. The van der Waals surface area contributed by atoms with E-state index >= 15 is 0 Å². The van der Waals surface area contributed by atoms with Gasteiger partial charge < -0.3 is 10.0 Å². The van der Waals surface area contributed by atoms with Crippen LogP contribution in [0, 0.1) is 0 Å². The quantitative estimate of drug-likeness (QED) is 0.752. The molecule has 0 spiro atoms. The van der Waals surface area contributed by atoms with Crippen molar-refractivity contribution in [2.75, 3.05) is 13.1 Å². The lowest BCUT2D eigenvalue weighted by atomic mass is 9.89. The number of rotatable bonds is 4. The van der Waals surface area contributed by atoms with E-state index in [1.165, 1.54) is 27.8 Å². The van der Waals surface area contributed by atoms with Crippen molar-refractivity contribution in [3.8, 4) is 5.75 Å². The molecule has 0 radical (unpaired) electrons. The minimum absolute atomic E-state index is 0.0801. The number of thiophene rings is 1. The number of piperidine rings is 1. The van der Waals surface area contributed by atoms with Gasteiger partial charge in [-0.15, -0.1) is 11.3 Å². The molecule has 1 aliphatic heterocycles. The number of aromatic nitrogens is 2. The lowest BCUT2D eigenvalue weighted by molar-refractivity contribution is -0.132. The van der Waals surface area contributed by atoms with Gasteiger partial charge in [0.1, 0.15) is 10.6 Å². The van der Waals surface area contributed by atoms with Crippen LogP contribution in [0.5, 0.6) is 5.75 Å². The van der Waals surface area contributed by atoms with Crippen molar-refractivity contribution >= 4 is 27.5 Å². The Morgan fingerprint density at radius 1 is 1.19 bits per heavy atom. The molecule has 6 nitrogen and oxygen atoms in total. The summed E-state index contributed by atoms with van der Waals surface area (Å²) in [5, 5.41) is 11.9. The number of aryl methyl sites for hydroxylation is 1. The first kappa shape index (κ1) is 17.7. The number of carbonyl (C=O) groups excluding carboxylic acids is 1. The molecule has 2 aromatic heterocycles. The third kappa shape index (κ3) is 3.73. The fraction of sp³-hybridized carbons (Fsp3) is 0.350. The SMILES string of the molecule is O=C(CCn1cnc2sccc2c1=O)N1CCC(c2ccc(O)cc2)CC1. The van der Waals surface area contributed by atoms with E-state index < -0.39 is 0 Å². The summed E-state index contributed by atoms with van der Waals surface area (Å²) in [7, 11) is 0. The second kappa shape index (κ2) is 7.52. The molecule has 0 aliphatic carbocycles. The van der Waals surface area contributed by atoms with Crippen LogP contribution in [0.15, 0.2) is 46.8 Å². The lowest BCUT2D eigenvalue weighted by Crippen LogP contribution is -2.38. The summed E-state index contributed by atoms with van der Waals surface area (Å²) >= 11 is 1.44. The van der Waals surface area contributed by atoms with Crippen LogP contribution in [0.3, 0.4) is 0 Å². The summed E-state index contributed by atoms with van der Waals surface area (Å²) in [6.07, 6.45) is 3.67. The molecule has 3 aromatic rings. The highest BCUT2D eigenvalue weighted by Crippen LogP contribution is 2.29. The van der Waals surface area contributed by atoms with E-state index in [2.05, 4.69) is 4.98 Å². The van der Waals surface area contributed by atoms with Gasteiger partial charge in [0.25, 0.3) is 5.56 Å². The Labute approximate surface area is 160 Å². The smallest absolute Gasteiger partial charge is 0.262 e.